The summed E-state index contributed by atoms with van der Waals surface area (Å²) >= 11 is 0. The number of piperidine rings is 1. The van der Waals surface area contributed by atoms with Crippen molar-refractivity contribution in [2.24, 2.45) is 5.92 Å². The van der Waals surface area contributed by atoms with Crippen LogP contribution >= 0.6 is 0 Å². The number of hydrogen-bond acceptors (Lipinski definition) is 4. The van der Waals surface area contributed by atoms with Gasteiger partial charge in [-0.25, -0.2) is 0 Å². The maximum absolute atomic E-state index is 12.6. The number of benzene rings is 2. The first-order valence-corrected chi connectivity index (χ1v) is 9.41. The summed E-state index contributed by atoms with van der Waals surface area (Å²) in [6, 6.07) is 15.1. The summed E-state index contributed by atoms with van der Waals surface area (Å²) in [4.78, 5) is 14.6. The number of amides is 1. The summed E-state index contributed by atoms with van der Waals surface area (Å²) in [6.07, 6.45) is 2.48. The maximum Gasteiger partial charge on any atom is 0.227 e. The molecule has 0 bridgehead atoms. The van der Waals surface area contributed by atoms with Crippen LogP contribution in [0.2, 0.25) is 0 Å². The van der Waals surface area contributed by atoms with Crippen LogP contribution in [0.3, 0.4) is 0 Å². The number of carbonyl (C=O) groups excluding carboxylic acids is 1. The molecule has 27 heavy (non-hydrogen) atoms. The second-order valence-corrected chi connectivity index (χ2v) is 6.99. The quantitative estimate of drug-likeness (QED) is 0.815. The molecule has 0 spiro atoms. The zero-order valence-electron chi connectivity index (χ0n) is 15.8. The molecule has 1 heterocycles. The van der Waals surface area contributed by atoms with Crippen molar-refractivity contribution in [3.63, 3.8) is 0 Å². The van der Waals surface area contributed by atoms with E-state index in [0.29, 0.717) is 18.9 Å². The number of aliphatic hydroxyl groups excluding tert-OH is 1. The largest absolute Gasteiger partial charge is 0.497 e. The Kier molecular flexibility index (Phi) is 6.71. The summed E-state index contributed by atoms with van der Waals surface area (Å²) in [5.74, 6) is 2.13. The van der Waals surface area contributed by atoms with Crippen molar-refractivity contribution in [2.75, 3.05) is 26.8 Å². The highest BCUT2D eigenvalue weighted by atomic mass is 16.5. The number of nitrogens with zero attached hydrogens (tertiary/aromatic N) is 1. The molecular weight excluding hydrogens is 342 g/mol. The molecule has 3 rings (SSSR count). The second-order valence-electron chi connectivity index (χ2n) is 6.99. The molecule has 1 aliphatic rings. The van der Waals surface area contributed by atoms with Crippen LogP contribution in [0.1, 0.15) is 24.0 Å². The van der Waals surface area contributed by atoms with Gasteiger partial charge in [0.25, 0.3) is 0 Å². The molecule has 1 atom stereocenters. The van der Waals surface area contributed by atoms with Gasteiger partial charge in [-0.1, -0.05) is 24.3 Å². The lowest BCUT2D eigenvalue weighted by atomic mass is 9.98. The van der Waals surface area contributed by atoms with Gasteiger partial charge < -0.3 is 19.5 Å². The Morgan fingerprint density at radius 1 is 1.07 bits per heavy atom. The van der Waals surface area contributed by atoms with Crippen LogP contribution in [-0.4, -0.2) is 42.7 Å². The molecule has 5 heteroatoms. The van der Waals surface area contributed by atoms with Gasteiger partial charge in [-0.05, 0) is 48.2 Å². The van der Waals surface area contributed by atoms with E-state index in [1.165, 1.54) is 0 Å². The van der Waals surface area contributed by atoms with E-state index in [-0.39, 0.29) is 12.5 Å². The molecule has 2 aromatic rings. The normalized spacial score (nSPS) is 16.8. The summed E-state index contributed by atoms with van der Waals surface area (Å²) in [6.45, 7) is 2.19. The monoisotopic (exact) mass is 369 g/mol. The molecule has 0 aromatic heterocycles. The Balaban J connectivity index is 1.49. The molecule has 0 unspecified atom stereocenters. The average molecular weight is 369 g/mol. The predicted molar refractivity (Wildman–Crippen MR) is 104 cm³/mol. The molecule has 1 saturated heterocycles. The van der Waals surface area contributed by atoms with E-state index in [4.69, 9.17) is 14.6 Å². The molecule has 5 nitrogen and oxygen atoms in total. The van der Waals surface area contributed by atoms with Gasteiger partial charge in [-0.15, -0.1) is 0 Å². The first-order valence-electron chi connectivity index (χ1n) is 9.41. The number of likely N-dealkylation sites (tertiary alicyclic amines) is 1. The minimum absolute atomic E-state index is 0.0240. The highest BCUT2D eigenvalue weighted by Crippen LogP contribution is 2.21. The summed E-state index contributed by atoms with van der Waals surface area (Å²) in [7, 11) is 1.64. The molecule has 0 radical (unpaired) electrons. The predicted octanol–water partition coefficient (Wildman–Crippen LogP) is 3.05. The lowest BCUT2D eigenvalue weighted by molar-refractivity contribution is -0.132. The lowest BCUT2D eigenvalue weighted by Gasteiger charge is -2.32. The Morgan fingerprint density at radius 3 is 2.41 bits per heavy atom. The summed E-state index contributed by atoms with van der Waals surface area (Å²) < 4.78 is 11.1. The van der Waals surface area contributed by atoms with Gasteiger partial charge >= 0.3 is 0 Å². The second kappa shape index (κ2) is 9.42. The van der Waals surface area contributed by atoms with Crippen molar-refractivity contribution in [3.05, 3.63) is 59.7 Å². The number of carbonyl (C=O) groups is 1. The first-order chi connectivity index (χ1) is 13.2. The molecule has 1 amide bonds. The van der Waals surface area contributed by atoms with Crippen LogP contribution in [-0.2, 0) is 17.8 Å². The Morgan fingerprint density at radius 2 is 1.74 bits per heavy atom. The van der Waals surface area contributed by atoms with Gasteiger partial charge in [0, 0.05) is 19.0 Å². The van der Waals surface area contributed by atoms with Crippen molar-refractivity contribution in [3.8, 4) is 11.5 Å². The fourth-order valence-electron chi connectivity index (χ4n) is 3.36. The van der Waals surface area contributed by atoms with Crippen LogP contribution < -0.4 is 9.47 Å². The van der Waals surface area contributed by atoms with Crippen molar-refractivity contribution >= 4 is 5.91 Å². The first kappa shape index (κ1) is 19.2. The van der Waals surface area contributed by atoms with E-state index in [1.807, 2.05) is 53.4 Å². The lowest BCUT2D eigenvalue weighted by Crippen LogP contribution is -2.42. The number of rotatable bonds is 7. The average Bonchev–Trinajstić information content (AvgIpc) is 2.73. The van der Waals surface area contributed by atoms with Gasteiger partial charge in [0.2, 0.25) is 5.91 Å². The molecule has 1 aliphatic heterocycles. The molecule has 2 aromatic carbocycles. The van der Waals surface area contributed by atoms with Crippen LogP contribution in [0.4, 0.5) is 0 Å². The van der Waals surface area contributed by atoms with Gasteiger partial charge in [-0.3, -0.25) is 4.79 Å². The van der Waals surface area contributed by atoms with Crippen molar-refractivity contribution in [1.82, 2.24) is 4.90 Å². The minimum Gasteiger partial charge on any atom is -0.497 e. The fraction of sp³-hybridized carbons (Fsp3) is 0.409. The SMILES string of the molecule is COc1ccc(OC[C@@H]2CCCN(C(=O)Cc3ccc(CO)cc3)C2)cc1. The Bertz CT molecular complexity index is 727. The third kappa shape index (κ3) is 5.47. The number of hydrogen-bond donors (Lipinski definition) is 1. The summed E-state index contributed by atoms with van der Waals surface area (Å²) in [5.41, 5.74) is 1.84. The zero-order chi connectivity index (χ0) is 19.1. The van der Waals surface area contributed by atoms with E-state index in [2.05, 4.69) is 0 Å². The smallest absolute Gasteiger partial charge is 0.227 e. The topological polar surface area (TPSA) is 59.0 Å². The maximum atomic E-state index is 12.6. The minimum atomic E-state index is 0.0240. The molecule has 1 fully saturated rings. The fourth-order valence-corrected chi connectivity index (χ4v) is 3.36. The van der Waals surface area contributed by atoms with Crippen LogP contribution in [0.5, 0.6) is 11.5 Å². The van der Waals surface area contributed by atoms with Crippen LogP contribution in [0, 0.1) is 5.92 Å². The Labute approximate surface area is 160 Å². The van der Waals surface area contributed by atoms with Crippen molar-refractivity contribution in [1.29, 1.82) is 0 Å². The van der Waals surface area contributed by atoms with E-state index < -0.39 is 0 Å². The highest BCUT2D eigenvalue weighted by molar-refractivity contribution is 5.78. The van der Waals surface area contributed by atoms with E-state index in [9.17, 15) is 4.79 Å². The standard InChI is InChI=1S/C22H27NO4/c1-26-20-8-10-21(11-9-20)27-16-19-3-2-12-23(14-19)22(25)13-17-4-6-18(15-24)7-5-17/h4-11,19,24H,2-3,12-16H2,1H3/t19-/m1/s1. The zero-order valence-corrected chi connectivity index (χ0v) is 15.8. The number of aliphatic hydroxyl groups is 1. The third-order valence-electron chi connectivity index (χ3n) is 4.98. The highest BCUT2D eigenvalue weighted by Gasteiger charge is 2.24. The van der Waals surface area contributed by atoms with Crippen molar-refractivity contribution < 1.29 is 19.4 Å². The number of ether oxygens (including phenoxy) is 2. The van der Waals surface area contributed by atoms with Gasteiger partial charge in [0.05, 0.1) is 26.7 Å². The summed E-state index contributed by atoms with van der Waals surface area (Å²) in [5, 5.41) is 9.11. The molecule has 0 aliphatic carbocycles. The number of methoxy groups -OCH3 is 1. The van der Waals surface area contributed by atoms with E-state index in [1.54, 1.807) is 7.11 Å². The van der Waals surface area contributed by atoms with Gasteiger partial charge in [-0.2, -0.15) is 0 Å². The van der Waals surface area contributed by atoms with Gasteiger partial charge in [0.1, 0.15) is 11.5 Å². The van der Waals surface area contributed by atoms with E-state index in [0.717, 1.165) is 48.6 Å². The molecule has 0 saturated carbocycles. The molecule has 1 N–H and O–H groups in total. The van der Waals surface area contributed by atoms with Crippen molar-refractivity contribution in [2.45, 2.75) is 25.9 Å². The van der Waals surface area contributed by atoms with Gasteiger partial charge in [0.15, 0.2) is 0 Å². The molecule has 144 valence electrons. The Hall–Kier alpha value is -2.53. The van der Waals surface area contributed by atoms with Crippen LogP contribution in [0.25, 0.3) is 0 Å². The van der Waals surface area contributed by atoms with Crippen LogP contribution in [0.15, 0.2) is 48.5 Å². The third-order valence-corrected chi connectivity index (χ3v) is 4.98. The van der Waals surface area contributed by atoms with E-state index >= 15 is 0 Å². The molecular formula is C22H27NO4.